The zero-order valence-electron chi connectivity index (χ0n) is 16.3. The fourth-order valence-corrected chi connectivity index (χ4v) is 2.52. The largest absolute Gasteiger partial charge is 0.406 e. The third kappa shape index (κ3) is 6.53. The average Bonchev–Trinajstić information content (AvgIpc) is 2.75. The lowest BCUT2D eigenvalue weighted by Crippen LogP contribution is -2.28. The van der Waals surface area contributed by atoms with Gasteiger partial charge in [0.2, 0.25) is 0 Å². The fourth-order valence-electron chi connectivity index (χ4n) is 2.52. The number of fused-ring (bicyclic) bond motifs is 1. The molecule has 11 nitrogen and oxygen atoms in total. The van der Waals surface area contributed by atoms with Crippen LogP contribution in [0.2, 0.25) is 0 Å². The second-order valence-corrected chi connectivity index (χ2v) is 7.07. The van der Waals surface area contributed by atoms with Gasteiger partial charge in [0.25, 0.3) is 0 Å². The summed E-state index contributed by atoms with van der Waals surface area (Å²) in [6.45, 7) is 0.302. The minimum Gasteiger partial charge on any atom is -0.406 e. The van der Waals surface area contributed by atoms with Gasteiger partial charge in [-0.2, -0.15) is 13.1 Å². The van der Waals surface area contributed by atoms with Crippen molar-refractivity contribution in [3.05, 3.63) is 84.1 Å². The van der Waals surface area contributed by atoms with E-state index in [4.69, 9.17) is 27.8 Å². The third-order valence-electron chi connectivity index (χ3n) is 3.88. The normalized spacial score (nSPS) is 10.8. The summed E-state index contributed by atoms with van der Waals surface area (Å²) >= 11 is 0. The second kappa shape index (κ2) is 9.91. The van der Waals surface area contributed by atoms with Crippen LogP contribution in [0.3, 0.4) is 0 Å². The van der Waals surface area contributed by atoms with Crippen LogP contribution in [0.15, 0.2) is 67.3 Å². The molecule has 0 unspecified atom stereocenters. The van der Waals surface area contributed by atoms with Crippen molar-refractivity contribution in [2.24, 2.45) is 0 Å². The Morgan fingerprint density at radius 2 is 1.66 bits per heavy atom. The molecule has 0 aliphatic heterocycles. The van der Waals surface area contributed by atoms with Gasteiger partial charge in [-0.15, -0.1) is 0 Å². The summed E-state index contributed by atoms with van der Waals surface area (Å²) in [7, 11) is -4.67. The van der Waals surface area contributed by atoms with Gasteiger partial charge in [-0.05, 0) is 29.8 Å². The molecule has 0 aliphatic rings. The van der Waals surface area contributed by atoms with Crippen LogP contribution >= 0.6 is 0 Å². The Morgan fingerprint density at radius 1 is 1.00 bits per heavy atom. The summed E-state index contributed by atoms with van der Waals surface area (Å²) in [6.07, 6.45) is 2.75. The summed E-state index contributed by atoms with van der Waals surface area (Å²) in [5, 5.41) is 11.4. The zero-order chi connectivity index (χ0) is 23.1. The predicted octanol–water partition coefficient (Wildman–Crippen LogP) is 2.16. The Hall–Kier alpha value is -3.94. The Balaban J connectivity index is 0.000000523. The van der Waals surface area contributed by atoms with Crippen LogP contribution in [0, 0.1) is 11.2 Å². The zero-order valence-corrected chi connectivity index (χ0v) is 17.1. The Morgan fingerprint density at radius 3 is 2.31 bits per heavy atom. The van der Waals surface area contributed by atoms with Crippen molar-refractivity contribution in [2.75, 3.05) is 5.32 Å². The van der Waals surface area contributed by atoms with Crippen molar-refractivity contribution in [1.29, 1.82) is 5.41 Å². The monoisotopic (exact) mass is 460 g/mol. The van der Waals surface area contributed by atoms with E-state index < -0.39 is 10.4 Å². The van der Waals surface area contributed by atoms with Crippen LogP contribution in [-0.4, -0.2) is 37.2 Å². The van der Waals surface area contributed by atoms with Crippen LogP contribution in [-0.2, 0) is 17.0 Å². The number of aromatic nitrogens is 4. The summed E-state index contributed by atoms with van der Waals surface area (Å²) in [5.74, 6) is 0.103. The molecule has 0 aliphatic carbocycles. The quantitative estimate of drug-likeness (QED) is 0.327. The molecule has 0 saturated carbocycles. The summed E-state index contributed by atoms with van der Waals surface area (Å²) in [4.78, 5) is 18.3. The van der Waals surface area contributed by atoms with E-state index in [0.29, 0.717) is 29.1 Å². The minimum atomic E-state index is -4.67. The van der Waals surface area contributed by atoms with E-state index in [1.54, 1.807) is 12.1 Å². The van der Waals surface area contributed by atoms with Crippen molar-refractivity contribution in [3.8, 4) is 0 Å². The van der Waals surface area contributed by atoms with Crippen molar-refractivity contribution < 1.29 is 26.8 Å². The molecule has 2 aromatic heterocycles. The fraction of sp³-hybridized carbons (Fsp3) is 0.0526. The van der Waals surface area contributed by atoms with Crippen molar-refractivity contribution in [3.63, 3.8) is 0 Å². The second-order valence-electron chi connectivity index (χ2n) is 6.18. The molecule has 0 radical (unpaired) electrons. The van der Waals surface area contributed by atoms with Gasteiger partial charge in [-0.3, -0.25) is 14.5 Å². The molecule has 0 fully saturated rings. The lowest BCUT2D eigenvalue weighted by Gasteiger charge is -2.11. The van der Waals surface area contributed by atoms with E-state index in [2.05, 4.69) is 20.3 Å². The maximum absolute atomic E-state index is 13.1. The maximum atomic E-state index is 13.1. The third-order valence-corrected chi connectivity index (χ3v) is 3.88. The number of nitrogens with zero attached hydrogens (tertiary/aromatic N) is 4. The molecule has 32 heavy (non-hydrogen) atoms. The van der Waals surface area contributed by atoms with Crippen LogP contribution < -0.4 is 15.6 Å². The standard InChI is InChI=1S/C19H15FN6O.H2O4S/c20-14-6-8-15(9-7-14)25-19-17-16(22-11-23-19)18(21)26(12-24-17)27-10-13-4-2-1-3-5-13;1-5(2,3)4/h1-9,11-12,21H,10H2,(H,22,23,25);(H2,1,2,3,4). The minimum absolute atomic E-state index is 0.0560. The molecule has 0 atom stereocenters. The van der Waals surface area contributed by atoms with Crippen molar-refractivity contribution in [2.45, 2.75) is 6.61 Å². The molecule has 13 heteroatoms. The predicted molar refractivity (Wildman–Crippen MR) is 112 cm³/mol. The number of nitrogens with one attached hydrogen (secondary N) is 2. The lowest BCUT2D eigenvalue weighted by atomic mass is 10.2. The first-order valence-corrected chi connectivity index (χ1v) is 10.3. The van der Waals surface area contributed by atoms with Gasteiger partial charge in [-0.1, -0.05) is 30.3 Å². The van der Waals surface area contributed by atoms with E-state index in [-0.39, 0.29) is 11.3 Å². The molecule has 2 heterocycles. The SMILES string of the molecule is N=c1c2ncnc(Nc3ccc(F)cc3)c2ncn1OCc1ccccc1.O=S(=O)(O)O. The van der Waals surface area contributed by atoms with Crippen LogP contribution in [0.25, 0.3) is 11.0 Å². The molecule has 2 aromatic carbocycles. The van der Waals surface area contributed by atoms with Gasteiger partial charge < -0.3 is 10.2 Å². The molecular formula is C19H17FN6O5S. The van der Waals surface area contributed by atoms with E-state index in [1.807, 2.05) is 30.3 Å². The van der Waals surface area contributed by atoms with Crippen LogP contribution in [0.5, 0.6) is 0 Å². The lowest BCUT2D eigenvalue weighted by molar-refractivity contribution is 0.0850. The number of benzene rings is 2. The molecule has 0 amide bonds. The number of hydrogen-bond acceptors (Lipinski definition) is 8. The highest BCUT2D eigenvalue weighted by atomic mass is 32.3. The summed E-state index contributed by atoms with van der Waals surface area (Å²) in [5.41, 5.74) is 2.45. The average molecular weight is 460 g/mol. The highest BCUT2D eigenvalue weighted by Gasteiger charge is 2.10. The molecule has 166 valence electrons. The van der Waals surface area contributed by atoms with Crippen molar-refractivity contribution in [1.82, 2.24) is 19.7 Å². The Bertz CT molecular complexity index is 1360. The first-order chi connectivity index (χ1) is 15.2. The number of hydrogen-bond donors (Lipinski definition) is 4. The molecule has 4 aromatic rings. The highest BCUT2D eigenvalue weighted by Crippen LogP contribution is 2.19. The molecule has 0 saturated heterocycles. The first kappa shape index (κ1) is 22.7. The van der Waals surface area contributed by atoms with Gasteiger partial charge in [0.15, 0.2) is 11.3 Å². The summed E-state index contributed by atoms with van der Waals surface area (Å²) < 4.78 is 45.9. The van der Waals surface area contributed by atoms with E-state index >= 15 is 0 Å². The summed E-state index contributed by atoms with van der Waals surface area (Å²) in [6, 6.07) is 15.5. The molecular weight excluding hydrogens is 443 g/mol. The van der Waals surface area contributed by atoms with E-state index in [0.717, 1.165) is 5.56 Å². The molecule has 0 bridgehead atoms. The van der Waals surface area contributed by atoms with Gasteiger partial charge in [0.05, 0.1) is 0 Å². The molecule has 0 spiro atoms. The number of anilines is 2. The van der Waals surface area contributed by atoms with E-state index in [9.17, 15) is 4.39 Å². The van der Waals surface area contributed by atoms with Gasteiger partial charge in [0.1, 0.15) is 36.1 Å². The first-order valence-electron chi connectivity index (χ1n) is 8.87. The van der Waals surface area contributed by atoms with Gasteiger partial charge in [0, 0.05) is 5.69 Å². The number of rotatable bonds is 5. The highest BCUT2D eigenvalue weighted by molar-refractivity contribution is 7.79. The van der Waals surface area contributed by atoms with E-state index in [1.165, 1.54) is 29.5 Å². The van der Waals surface area contributed by atoms with Crippen molar-refractivity contribution >= 4 is 32.9 Å². The molecule has 4 rings (SSSR count). The van der Waals surface area contributed by atoms with Gasteiger partial charge >= 0.3 is 10.4 Å². The Labute approximate surface area is 181 Å². The van der Waals surface area contributed by atoms with Gasteiger partial charge in [-0.25, -0.2) is 19.3 Å². The maximum Gasteiger partial charge on any atom is 0.394 e. The van der Waals surface area contributed by atoms with Crippen LogP contribution in [0.4, 0.5) is 15.9 Å². The topological polar surface area (TPSA) is 163 Å². The Kier molecular flexibility index (Phi) is 7.04. The number of halogens is 1. The molecule has 4 N–H and O–H groups in total. The smallest absolute Gasteiger partial charge is 0.394 e. The van der Waals surface area contributed by atoms with Crippen LogP contribution in [0.1, 0.15) is 5.56 Å².